The summed E-state index contributed by atoms with van der Waals surface area (Å²) in [4.78, 5) is 28.0. The third-order valence-corrected chi connectivity index (χ3v) is 5.53. The lowest BCUT2D eigenvalue weighted by Gasteiger charge is -2.36. The number of carbonyl (C=O) groups excluding carboxylic acids is 2. The molecule has 2 fully saturated rings. The molecular weight excluding hydrogens is 391 g/mol. The summed E-state index contributed by atoms with van der Waals surface area (Å²) in [7, 11) is 0. The fourth-order valence-corrected chi connectivity index (χ4v) is 3.51. The highest BCUT2D eigenvalue weighted by Crippen LogP contribution is 2.27. The van der Waals surface area contributed by atoms with Crippen LogP contribution in [-0.2, 0) is 9.53 Å². The van der Waals surface area contributed by atoms with Crippen molar-refractivity contribution in [2.75, 3.05) is 50.8 Å². The van der Waals surface area contributed by atoms with E-state index >= 15 is 0 Å². The van der Waals surface area contributed by atoms with Crippen LogP contribution in [-0.4, -0.2) is 68.8 Å². The minimum atomic E-state index is -0.226. The molecule has 3 rings (SSSR count). The summed E-state index contributed by atoms with van der Waals surface area (Å²) < 4.78 is 5.45. The molecule has 0 unspecified atom stereocenters. The standard InChI is InChI=1S/C18H24Cl2N4O3/c19-15-4-3-13(10-16(15)20)23-5-7-24(8-6-23)18(26)22-12-17(25)21-11-14-2-1-9-27-14/h3-4,10,14H,1-2,5-9,11-12H2,(H,21,25)(H,22,26)/t14-/m0/s1. The molecule has 27 heavy (non-hydrogen) atoms. The Morgan fingerprint density at radius 2 is 1.89 bits per heavy atom. The van der Waals surface area contributed by atoms with Crippen molar-refractivity contribution in [3.8, 4) is 0 Å². The van der Waals surface area contributed by atoms with Crippen molar-refractivity contribution in [3.63, 3.8) is 0 Å². The highest BCUT2D eigenvalue weighted by atomic mass is 35.5. The first-order valence-corrected chi connectivity index (χ1v) is 9.89. The van der Waals surface area contributed by atoms with Gasteiger partial charge in [0.1, 0.15) is 0 Å². The second kappa shape index (κ2) is 9.48. The molecule has 0 aliphatic carbocycles. The minimum absolute atomic E-state index is 0.0292. The topological polar surface area (TPSA) is 73.9 Å². The Morgan fingerprint density at radius 1 is 1.11 bits per heavy atom. The predicted molar refractivity (Wildman–Crippen MR) is 106 cm³/mol. The zero-order valence-corrected chi connectivity index (χ0v) is 16.6. The number of carbonyl (C=O) groups is 2. The zero-order valence-electron chi connectivity index (χ0n) is 15.0. The van der Waals surface area contributed by atoms with Crippen LogP contribution in [0.4, 0.5) is 10.5 Å². The van der Waals surface area contributed by atoms with Gasteiger partial charge < -0.3 is 25.2 Å². The van der Waals surface area contributed by atoms with Crippen molar-refractivity contribution in [3.05, 3.63) is 28.2 Å². The molecule has 2 aliphatic heterocycles. The largest absolute Gasteiger partial charge is 0.376 e. The summed E-state index contributed by atoms with van der Waals surface area (Å²) in [6.45, 7) is 3.75. The third kappa shape index (κ3) is 5.64. The van der Waals surface area contributed by atoms with Gasteiger partial charge in [0, 0.05) is 45.0 Å². The van der Waals surface area contributed by atoms with Crippen LogP contribution in [0.2, 0.25) is 10.0 Å². The number of nitrogens with one attached hydrogen (secondary N) is 2. The van der Waals surface area contributed by atoms with E-state index in [2.05, 4.69) is 15.5 Å². The Morgan fingerprint density at radius 3 is 2.56 bits per heavy atom. The first-order valence-electron chi connectivity index (χ1n) is 9.14. The van der Waals surface area contributed by atoms with E-state index in [1.54, 1.807) is 11.0 Å². The van der Waals surface area contributed by atoms with Crippen molar-refractivity contribution in [2.24, 2.45) is 0 Å². The van der Waals surface area contributed by atoms with Crippen LogP contribution in [0.1, 0.15) is 12.8 Å². The normalized spacial score (nSPS) is 19.9. The molecule has 9 heteroatoms. The number of halogens is 2. The number of ether oxygens (including phenoxy) is 1. The summed E-state index contributed by atoms with van der Waals surface area (Å²) in [6.07, 6.45) is 2.10. The molecule has 2 aliphatic rings. The van der Waals surface area contributed by atoms with Crippen molar-refractivity contribution >= 4 is 40.8 Å². The van der Waals surface area contributed by atoms with E-state index in [9.17, 15) is 9.59 Å². The number of anilines is 1. The quantitative estimate of drug-likeness (QED) is 0.773. The Labute approximate surface area is 168 Å². The SMILES string of the molecule is O=C(CNC(=O)N1CCN(c2ccc(Cl)c(Cl)c2)CC1)NC[C@@H]1CCCO1. The number of hydrogen-bond donors (Lipinski definition) is 2. The maximum Gasteiger partial charge on any atom is 0.317 e. The first kappa shape index (κ1) is 20.0. The van der Waals surface area contributed by atoms with Gasteiger partial charge in [0.15, 0.2) is 0 Å². The van der Waals surface area contributed by atoms with Gasteiger partial charge in [-0.05, 0) is 31.0 Å². The average molecular weight is 415 g/mol. The highest BCUT2D eigenvalue weighted by Gasteiger charge is 2.22. The summed E-state index contributed by atoms with van der Waals surface area (Å²) in [5, 5.41) is 6.51. The molecule has 1 atom stereocenters. The van der Waals surface area contributed by atoms with Gasteiger partial charge in [-0.2, -0.15) is 0 Å². The molecule has 2 saturated heterocycles. The van der Waals surface area contributed by atoms with Gasteiger partial charge in [-0.1, -0.05) is 23.2 Å². The van der Waals surface area contributed by atoms with E-state index in [1.807, 2.05) is 12.1 Å². The molecule has 2 heterocycles. The van der Waals surface area contributed by atoms with Crippen LogP contribution in [0.25, 0.3) is 0 Å². The maximum atomic E-state index is 12.3. The van der Waals surface area contributed by atoms with Gasteiger partial charge in [0.2, 0.25) is 5.91 Å². The molecular formula is C18H24Cl2N4O3. The lowest BCUT2D eigenvalue weighted by molar-refractivity contribution is -0.120. The molecule has 0 bridgehead atoms. The Kier molecular flexibility index (Phi) is 7.04. The maximum absolute atomic E-state index is 12.3. The Balaban J connectivity index is 1.37. The smallest absolute Gasteiger partial charge is 0.317 e. The number of amides is 3. The van der Waals surface area contributed by atoms with Crippen molar-refractivity contribution in [1.82, 2.24) is 15.5 Å². The first-order chi connectivity index (χ1) is 13.0. The fraction of sp³-hybridized carbons (Fsp3) is 0.556. The van der Waals surface area contributed by atoms with E-state index in [-0.39, 0.29) is 24.6 Å². The van der Waals surface area contributed by atoms with Crippen LogP contribution in [0.15, 0.2) is 18.2 Å². The summed E-state index contributed by atoms with van der Waals surface area (Å²) in [5.74, 6) is -0.201. The summed E-state index contributed by atoms with van der Waals surface area (Å²) in [6, 6.07) is 5.30. The van der Waals surface area contributed by atoms with Crippen molar-refractivity contribution < 1.29 is 14.3 Å². The monoisotopic (exact) mass is 414 g/mol. The predicted octanol–water partition coefficient (Wildman–Crippen LogP) is 2.12. The highest BCUT2D eigenvalue weighted by molar-refractivity contribution is 6.42. The molecule has 0 radical (unpaired) electrons. The van der Waals surface area contributed by atoms with Gasteiger partial charge in [0.25, 0.3) is 0 Å². The van der Waals surface area contributed by atoms with E-state index in [4.69, 9.17) is 27.9 Å². The average Bonchev–Trinajstić information content (AvgIpc) is 3.20. The third-order valence-electron chi connectivity index (χ3n) is 4.79. The van der Waals surface area contributed by atoms with E-state index in [0.717, 1.165) is 25.1 Å². The molecule has 0 aromatic heterocycles. The van der Waals surface area contributed by atoms with Gasteiger partial charge in [-0.25, -0.2) is 4.79 Å². The molecule has 3 amide bonds. The molecule has 2 N–H and O–H groups in total. The van der Waals surface area contributed by atoms with Gasteiger partial charge >= 0.3 is 6.03 Å². The van der Waals surface area contributed by atoms with Crippen molar-refractivity contribution in [1.29, 1.82) is 0 Å². The summed E-state index contributed by atoms with van der Waals surface area (Å²) in [5.41, 5.74) is 0.984. The van der Waals surface area contributed by atoms with Crippen LogP contribution in [0.5, 0.6) is 0 Å². The number of hydrogen-bond acceptors (Lipinski definition) is 4. The lowest BCUT2D eigenvalue weighted by Crippen LogP contribution is -2.53. The number of nitrogens with zero attached hydrogens (tertiary/aromatic N) is 2. The van der Waals surface area contributed by atoms with E-state index < -0.39 is 0 Å². The van der Waals surface area contributed by atoms with Gasteiger partial charge in [-0.3, -0.25) is 4.79 Å². The zero-order chi connectivity index (χ0) is 19.2. The molecule has 7 nitrogen and oxygen atoms in total. The van der Waals surface area contributed by atoms with Crippen molar-refractivity contribution in [2.45, 2.75) is 18.9 Å². The van der Waals surface area contributed by atoms with Crippen LogP contribution < -0.4 is 15.5 Å². The molecule has 0 saturated carbocycles. The second-order valence-electron chi connectivity index (χ2n) is 6.67. The molecule has 0 spiro atoms. The van der Waals surface area contributed by atoms with Crippen LogP contribution in [0.3, 0.4) is 0 Å². The Bertz CT molecular complexity index is 675. The van der Waals surface area contributed by atoms with E-state index in [0.29, 0.717) is 42.8 Å². The van der Waals surface area contributed by atoms with Gasteiger partial charge in [-0.15, -0.1) is 0 Å². The number of benzene rings is 1. The van der Waals surface area contributed by atoms with Crippen LogP contribution in [0, 0.1) is 0 Å². The molecule has 1 aromatic carbocycles. The van der Waals surface area contributed by atoms with E-state index in [1.165, 1.54) is 0 Å². The molecule has 1 aromatic rings. The number of piperazine rings is 1. The fourth-order valence-electron chi connectivity index (χ4n) is 3.21. The molecule has 148 valence electrons. The number of urea groups is 1. The minimum Gasteiger partial charge on any atom is -0.376 e. The Hall–Kier alpha value is -1.70. The van der Waals surface area contributed by atoms with Gasteiger partial charge in [0.05, 0.1) is 22.7 Å². The summed E-state index contributed by atoms with van der Waals surface area (Å²) >= 11 is 12.0. The van der Waals surface area contributed by atoms with Crippen LogP contribution >= 0.6 is 23.2 Å². The second-order valence-corrected chi connectivity index (χ2v) is 7.48. The number of rotatable bonds is 5. The lowest BCUT2D eigenvalue weighted by atomic mass is 10.2.